The summed E-state index contributed by atoms with van der Waals surface area (Å²) in [7, 11) is 0. The van der Waals surface area contributed by atoms with Crippen LogP contribution in [0.2, 0.25) is 0 Å². The van der Waals surface area contributed by atoms with E-state index >= 15 is 0 Å². The Bertz CT molecular complexity index is 412. The molecule has 0 aromatic carbocycles. The third-order valence-electron chi connectivity index (χ3n) is 2.47. The molecule has 72 valence electrons. The van der Waals surface area contributed by atoms with Gasteiger partial charge in [-0.05, 0) is 24.3 Å². The highest BCUT2D eigenvalue weighted by atomic mass is 32.1. The summed E-state index contributed by atoms with van der Waals surface area (Å²) in [6.07, 6.45) is 3.72. The summed E-state index contributed by atoms with van der Waals surface area (Å²) in [5.41, 5.74) is 1.33. The maximum absolute atomic E-state index is 4.67. The van der Waals surface area contributed by atoms with Gasteiger partial charge in [0, 0.05) is 22.6 Å². The first-order chi connectivity index (χ1) is 6.92. The Morgan fingerprint density at radius 2 is 2.29 bits per heavy atom. The Morgan fingerprint density at radius 1 is 1.36 bits per heavy atom. The lowest BCUT2D eigenvalue weighted by Gasteiger charge is -1.91. The molecule has 2 aromatic rings. The quantitative estimate of drug-likeness (QED) is 0.770. The van der Waals surface area contributed by atoms with Crippen molar-refractivity contribution in [1.82, 2.24) is 4.98 Å². The molecule has 1 aliphatic rings. The smallest absolute Gasteiger partial charge is 0.0980 e. The van der Waals surface area contributed by atoms with Crippen molar-refractivity contribution in [2.45, 2.75) is 25.2 Å². The summed E-state index contributed by atoms with van der Waals surface area (Å²) in [6.45, 7) is 0. The van der Waals surface area contributed by atoms with Crippen LogP contribution in [0.1, 0.15) is 34.3 Å². The maximum atomic E-state index is 4.67. The Morgan fingerprint density at radius 3 is 3.00 bits per heavy atom. The van der Waals surface area contributed by atoms with Crippen LogP contribution in [0.25, 0.3) is 0 Å². The molecule has 2 aromatic heterocycles. The molecule has 0 saturated heterocycles. The highest BCUT2D eigenvalue weighted by Gasteiger charge is 2.25. The summed E-state index contributed by atoms with van der Waals surface area (Å²) in [5.74, 6) is 0.795. The van der Waals surface area contributed by atoms with Crippen molar-refractivity contribution in [3.05, 3.63) is 38.5 Å². The van der Waals surface area contributed by atoms with Crippen molar-refractivity contribution >= 4 is 22.7 Å². The largest absolute Gasteiger partial charge is 0.246 e. The molecule has 0 spiro atoms. The average Bonchev–Trinajstić information content (AvgIpc) is 2.75. The second-order valence-electron chi connectivity index (χ2n) is 3.70. The number of aromatic nitrogens is 1. The molecule has 1 aliphatic carbocycles. The molecule has 14 heavy (non-hydrogen) atoms. The third-order valence-corrected chi connectivity index (χ3v) is 4.21. The second-order valence-corrected chi connectivity index (χ2v) is 5.67. The zero-order valence-corrected chi connectivity index (χ0v) is 9.40. The summed E-state index contributed by atoms with van der Waals surface area (Å²) >= 11 is 3.63. The number of rotatable bonds is 3. The van der Waals surface area contributed by atoms with Crippen LogP contribution in [0.15, 0.2) is 22.9 Å². The molecule has 0 bridgehead atoms. The van der Waals surface area contributed by atoms with Gasteiger partial charge in [-0.1, -0.05) is 6.07 Å². The Balaban J connectivity index is 1.76. The molecule has 0 amide bonds. The fraction of sp³-hybridized carbons (Fsp3) is 0.364. The average molecular weight is 221 g/mol. The van der Waals surface area contributed by atoms with Gasteiger partial charge in [-0.25, -0.2) is 4.98 Å². The third kappa shape index (κ3) is 1.74. The van der Waals surface area contributed by atoms with E-state index in [-0.39, 0.29) is 0 Å². The van der Waals surface area contributed by atoms with E-state index in [1.807, 2.05) is 22.7 Å². The first kappa shape index (κ1) is 8.62. The maximum Gasteiger partial charge on any atom is 0.0980 e. The fourth-order valence-corrected chi connectivity index (χ4v) is 3.23. The van der Waals surface area contributed by atoms with Crippen LogP contribution in [-0.2, 0) is 6.42 Å². The van der Waals surface area contributed by atoms with Gasteiger partial charge >= 0.3 is 0 Å². The lowest BCUT2D eigenvalue weighted by atomic mass is 10.3. The second kappa shape index (κ2) is 3.48. The summed E-state index contributed by atoms with van der Waals surface area (Å²) in [5, 5.41) is 5.64. The van der Waals surface area contributed by atoms with E-state index in [1.165, 1.54) is 28.4 Å². The molecule has 2 heterocycles. The first-order valence-corrected chi connectivity index (χ1v) is 6.64. The van der Waals surface area contributed by atoms with E-state index in [0.29, 0.717) is 0 Å². The molecule has 0 N–H and O–H groups in total. The first-order valence-electron chi connectivity index (χ1n) is 4.88. The minimum atomic E-state index is 0.795. The van der Waals surface area contributed by atoms with Crippen LogP contribution >= 0.6 is 22.7 Å². The molecule has 0 radical (unpaired) electrons. The van der Waals surface area contributed by atoms with Crippen molar-refractivity contribution in [1.29, 1.82) is 0 Å². The van der Waals surface area contributed by atoms with Gasteiger partial charge in [0.2, 0.25) is 0 Å². The molecular weight excluding hydrogens is 210 g/mol. The zero-order chi connectivity index (χ0) is 9.38. The molecular formula is C11H11NS2. The number of nitrogens with zero attached hydrogens (tertiary/aromatic N) is 1. The minimum Gasteiger partial charge on any atom is -0.246 e. The van der Waals surface area contributed by atoms with Crippen LogP contribution in [-0.4, -0.2) is 4.98 Å². The van der Waals surface area contributed by atoms with Crippen molar-refractivity contribution in [2.24, 2.45) is 0 Å². The molecule has 1 nitrogen and oxygen atoms in total. The minimum absolute atomic E-state index is 0.795. The van der Waals surface area contributed by atoms with Crippen LogP contribution in [0, 0.1) is 0 Å². The van der Waals surface area contributed by atoms with Gasteiger partial charge in [0.1, 0.15) is 0 Å². The lowest BCUT2D eigenvalue weighted by Crippen LogP contribution is -1.84. The lowest BCUT2D eigenvalue weighted by molar-refractivity contribution is 1.01. The summed E-state index contributed by atoms with van der Waals surface area (Å²) in [6, 6.07) is 4.29. The number of thiazole rings is 1. The Hall–Kier alpha value is -0.670. The summed E-state index contributed by atoms with van der Waals surface area (Å²) < 4.78 is 0. The van der Waals surface area contributed by atoms with E-state index in [2.05, 4.69) is 27.9 Å². The van der Waals surface area contributed by atoms with Crippen LogP contribution in [0.5, 0.6) is 0 Å². The van der Waals surface area contributed by atoms with Gasteiger partial charge < -0.3 is 0 Å². The monoisotopic (exact) mass is 221 g/mol. The van der Waals surface area contributed by atoms with E-state index in [9.17, 15) is 0 Å². The normalized spacial score (nSPS) is 16.0. The molecule has 1 saturated carbocycles. The van der Waals surface area contributed by atoms with Gasteiger partial charge in [0.25, 0.3) is 0 Å². The predicted molar refractivity (Wildman–Crippen MR) is 61.2 cm³/mol. The molecule has 0 atom stereocenters. The standard InChI is InChI=1S/C11H11NS2/c1-2-9(13-5-1)6-11-12-10(7-14-11)8-3-4-8/h1-2,5,7-8H,3-4,6H2. The highest BCUT2D eigenvalue weighted by molar-refractivity contribution is 7.11. The predicted octanol–water partition coefficient (Wildman–Crippen LogP) is 3.67. The van der Waals surface area contributed by atoms with Crippen molar-refractivity contribution in [3.63, 3.8) is 0 Å². The number of thiophene rings is 1. The van der Waals surface area contributed by atoms with Crippen LogP contribution in [0.3, 0.4) is 0 Å². The van der Waals surface area contributed by atoms with Crippen LogP contribution < -0.4 is 0 Å². The fourth-order valence-electron chi connectivity index (χ4n) is 1.54. The van der Waals surface area contributed by atoms with Crippen molar-refractivity contribution < 1.29 is 0 Å². The summed E-state index contributed by atoms with van der Waals surface area (Å²) in [4.78, 5) is 6.09. The van der Waals surface area contributed by atoms with Gasteiger partial charge in [0.05, 0.1) is 10.7 Å². The molecule has 3 heteroatoms. The van der Waals surface area contributed by atoms with E-state index < -0.39 is 0 Å². The molecule has 3 rings (SSSR count). The van der Waals surface area contributed by atoms with Crippen molar-refractivity contribution in [2.75, 3.05) is 0 Å². The van der Waals surface area contributed by atoms with Gasteiger partial charge in [-0.2, -0.15) is 0 Å². The van der Waals surface area contributed by atoms with Gasteiger partial charge in [0.15, 0.2) is 0 Å². The Labute approximate surface area is 91.4 Å². The van der Waals surface area contributed by atoms with Gasteiger partial charge in [-0.15, -0.1) is 22.7 Å². The molecule has 0 unspecified atom stereocenters. The zero-order valence-electron chi connectivity index (χ0n) is 7.77. The Kier molecular flexibility index (Phi) is 2.14. The molecule has 1 fully saturated rings. The van der Waals surface area contributed by atoms with E-state index in [0.717, 1.165) is 12.3 Å². The van der Waals surface area contributed by atoms with Gasteiger partial charge in [-0.3, -0.25) is 0 Å². The SMILES string of the molecule is c1csc(Cc2nc(C3CC3)cs2)c1. The topological polar surface area (TPSA) is 12.9 Å². The van der Waals surface area contributed by atoms with E-state index in [4.69, 9.17) is 0 Å². The van der Waals surface area contributed by atoms with Crippen molar-refractivity contribution in [3.8, 4) is 0 Å². The number of hydrogen-bond donors (Lipinski definition) is 0. The molecule has 0 aliphatic heterocycles. The van der Waals surface area contributed by atoms with Crippen LogP contribution in [0.4, 0.5) is 0 Å². The number of hydrogen-bond acceptors (Lipinski definition) is 3. The van der Waals surface area contributed by atoms with E-state index in [1.54, 1.807) is 0 Å². The highest BCUT2D eigenvalue weighted by Crippen LogP contribution is 2.40.